The normalized spacial score (nSPS) is 10.8. The molecule has 0 radical (unpaired) electrons. The minimum Gasteiger partial charge on any atom is -0.354 e. The molecule has 0 fully saturated rings. The van der Waals surface area contributed by atoms with E-state index >= 15 is 0 Å². The van der Waals surface area contributed by atoms with Gasteiger partial charge in [-0.1, -0.05) is 19.9 Å². The molecule has 0 bridgehead atoms. The van der Waals surface area contributed by atoms with Gasteiger partial charge in [0.05, 0.1) is 0 Å². The minimum absolute atomic E-state index is 0.207. The molecule has 0 aliphatic carbocycles. The van der Waals surface area contributed by atoms with Gasteiger partial charge in [0.25, 0.3) is 5.91 Å². The van der Waals surface area contributed by atoms with Crippen LogP contribution in [-0.4, -0.2) is 33.8 Å². The van der Waals surface area contributed by atoms with Crippen molar-refractivity contribution in [2.45, 2.75) is 26.4 Å². The van der Waals surface area contributed by atoms with Gasteiger partial charge in [0.15, 0.2) is 11.5 Å². The summed E-state index contributed by atoms with van der Waals surface area (Å²) in [4.78, 5) is 15.8. The molecule has 106 valence electrons. The van der Waals surface area contributed by atoms with Crippen LogP contribution in [0.1, 0.15) is 29.9 Å². The summed E-state index contributed by atoms with van der Waals surface area (Å²) in [6, 6.07) is 5.99. The van der Waals surface area contributed by atoms with Gasteiger partial charge < -0.3 is 10.6 Å². The van der Waals surface area contributed by atoms with Crippen LogP contribution in [0.5, 0.6) is 0 Å². The maximum Gasteiger partial charge on any atom is 0.271 e. The van der Waals surface area contributed by atoms with Crippen molar-refractivity contribution in [3.05, 3.63) is 41.9 Å². The maximum absolute atomic E-state index is 11.4. The molecular formula is C14H19N5O. The highest BCUT2D eigenvalue weighted by atomic mass is 16.1. The quantitative estimate of drug-likeness (QED) is 0.856. The maximum atomic E-state index is 11.4. The Kier molecular flexibility index (Phi) is 4.47. The second kappa shape index (κ2) is 6.29. The molecule has 0 saturated carbocycles. The van der Waals surface area contributed by atoms with E-state index in [2.05, 4.69) is 34.6 Å². The fraction of sp³-hybridized carbons (Fsp3) is 0.357. The molecule has 0 aliphatic heterocycles. The number of amides is 1. The summed E-state index contributed by atoms with van der Waals surface area (Å²) in [6.45, 7) is 4.99. The lowest BCUT2D eigenvalue weighted by Gasteiger charge is -2.08. The van der Waals surface area contributed by atoms with Crippen molar-refractivity contribution in [2.75, 3.05) is 7.05 Å². The fourth-order valence-electron chi connectivity index (χ4n) is 1.68. The summed E-state index contributed by atoms with van der Waals surface area (Å²) in [5.74, 6) is 0.481. The number of pyridine rings is 1. The Morgan fingerprint density at radius 1 is 1.35 bits per heavy atom. The third-order valence-corrected chi connectivity index (χ3v) is 2.81. The van der Waals surface area contributed by atoms with Gasteiger partial charge >= 0.3 is 0 Å². The molecule has 6 heteroatoms. The van der Waals surface area contributed by atoms with Crippen LogP contribution in [0.3, 0.4) is 0 Å². The van der Waals surface area contributed by atoms with Gasteiger partial charge in [-0.15, -0.1) is 0 Å². The molecule has 20 heavy (non-hydrogen) atoms. The summed E-state index contributed by atoms with van der Waals surface area (Å²) in [5, 5.41) is 10.1. The number of hydrogen-bond donors (Lipinski definition) is 2. The topological polar surface area (TPSA) is 71.8 Å². The van der Waals surface area contributed by atoms with Crippen molar-refractivity contribution in [2.24, 2.45) is 0 Å². The Bertz CT molecular complexity index is 574. The highest BCUT2D eigenvalue weighted by molar-refractivity contribution is 5.91. The van der Waals surface area contributed by atoms with E-state index in [1.807, 2.05) is 18.3 Å². The Morgan fingerprint density at radius 2 is 2.15 bits per heavy atom. The average molecular weight is 273 g/mol. The van der Waals surface area contributed by atoms with Gasteiger partial charge in [-0.3, -0.25) is 4.79 Å². The van der Waals surface area contributed by atoms with Gasteiger partial charge in [-0.25, -0.2) is 9.67 Å². The number of rotatable bonds is 5. The van der Waals surface area contributed by atoms with Crippen LogP contribution in [0, 0.1) is 0 Å². The van der Waals surface area contributed by atoms with Gasteiger partial charge in [0.1, 0.15) is 0 Å². The first-order chi connectivity index (χ1) is 9.60. The Morgan fingerprint density at radius 3 is 2.75 bits per heavy atom. The highest BCUT2D eigenvalue weighted by Crippen LogP contribution is 2.06. The number of hydrogen-bond acceptors (Lipinski definition) is 4. The van der Waals surface area contributed by atoms with E-state index in [-0.39, 0.29) is 5.91 Å². The predicted octanol–water partition coefficient (Wildman–Crippen LogP) is 1.12. The van der Waals surface area contributed by atoms with E-state index in [1.165, 1.54) is 0 Å². The highest BCUT2D eigenvalue weighted by Gasteiger charge is 2.08. The van der Waals surface area contributed by atoms with E-state index in [4.69, 9.17) is 0 Å². The molecule has 2 aromatic rings. The van der Waals surface area contributed by atoms with Crippen molar-refractivity contribution in [3.8, 4) is 5.82 Å². The fourth-order valence-corrected chi connectivity index (χ4v) is 1.68. The number of carbonyl (C=O) groups is 1. The SMILES string of the molecule is CNC(=O)c1ccn(-c2ccc(CNC(C)C)cn2)n1. The molecule has 0 aromatic carbocycles. The number of nitrogens with one attached hydrogen (secondary N) is 2. The van der Waals surface area contributed by atoms with Gasteiger partial charge in [0, 0.05) is 32.0 Å². The first-order valence-electron chi connectivity index (χ1n) is 6.56. The lowest BCUT2D eigenvalue weighted by molar-refractivity contribution is 0.0957. The third-order valence-electron chi connectivity index (χ3n) is 2.81. The lowest BCUT2D eigenvalue weighted by atomic mass is 10.2. The van der Waals surface area contributed by atoms with Crippen molar-refractivity contribution < 1.29 is 4.79 Å². The standard InChI is InChI=1S/C14H19N5O/c1-10(2)16-8-11-4-5-13(17-9-11)19-7-6-12(18-19)14(20)15-3/h4-7,9-10,16H,8H2,1-3H3,(H,15,20). The molecule has 0 saturated heterocycles. The van der Waals surface area contributed by atoms with E-state index in [0.717, 1.165) is 12.1 Å². The van der Waals surface area contributed by atoms with Crippen LogP contribution in [0.2, 0.25) is 0 Å². The molecule has 6 nitrogen and oxygen atoms in total. The van der Waals surface area contributed by atoms with Crippen LogP contribution >= 0.6 is 0 Å². The molecular weight excluding hydrogens is 254 g/mol. The summed E-state index contributed by atoms with van der Waals surface area (Å²) < 4.78 is 1.59. The molecule has 0 spiro atoms. The Balaban J connectivity index is 2.09. The number of nitrogens with zero attached hydrogens (tertiary/aromatic N) is 3. The molecule has 0 atom stereocenters. The van der Waals surface area contributed by atoms with Gasteiger partial charge in [-0.05, 0) is 17.7 Å². The monoisotopic (exact) mass is 273 g/mol. The van der Waals surface area contributed by atoms with Crippen molar-refractivity contribution in [1.29, 1.82) is 0 Å². The van der Waals surface area contributed by atoms with Crippen molar-refractivity contribution >= 4 is 5.91 Å². The summed E-state index contributed by atoms with van der Waals surface area (Å²) >= 11 is 0. The zero-order valence-electron chi connectivity index (χ0n) is 11.9. The summed E-state index contributed by atoms with van der Waals surface area (Å²) in [7, 11) is 1.58. The van der Waals surface area contributed by atoms with E-state index < -0.39 is 0 Å². The largest absolute Gasteiger partial charge is 0.354 e. The van der Waals surface area contributed by atoms with E-state index in [1.54, 1.807) is 24.0 Å². The molecule has 2 rings (SSSR count). The zero-order chi connectivity index (χ0) is 14.5. The molecule has 2 heterocycles. The van der Waals surface area contributed by atoms with Crippen LogP contribution in [0.4, 0.5) is 0 Å². The second-order valence-corrected chi connectivity index (χ2v) is 4.78. The first-order valence-corrected chi connectivity index (χ1v) is 6.56. The Hall–Kier alpha value is -2.21. The lowest BCUT2D eigenvalue weighted by Crippen LogP contribution is -2.21. The molecule has 0 aliphatic rings. The number of aromatic nitrogens is 3. The smallest absolute Gasteiger partial charge is 0.271 e. The van der Waals surface area contributed by atoms with E-state index in [9.17, 15) is 4.79 Å². The van der Waals surface area contributed by atoms with Crippen LogP contribution < -0.4 is 10.6 Å². The number of carbonyl (C=O) groups excluding carboxylic acids is 1. The molecule has 1 amide bonds. The Labute approximate surface area is 118 Å². The van der Waals surface area contributed by atoms with Gasteiger partial charge in [0.2, 0.25) is 0 Å². The zero-order valence-corrected chi connectivity index (χ0v) is 11.9. The summed E-state index contributed by atoms with van der Waals surface area (Å²) in [5.41, 5.74) is 1.49. The first kappa shape index (κ1) is 14.2. The molecule has 2 aromatic heterocycles. The third kappa shape index (κ3) is 3.42. The van der Waals surface area contributed by atoms with E-state index in [0.29, 0.717) is 17.6 Å². The molecule has 2 N–H and O–H groups in total. The van der Waals surface area contributed by atoms with Crippen molar-refractivity contribution in [1.82, 2.24) is 25.4 Å². The molecule has 0 unspecified atom stereocenters. The van der Waals surface area contributed by atoms with Gasteiger partial charge in [-0.2, -0.15) is 5.10 Å². The second-order valence-electron chi connectivity index (χ2n) is 4.78. The van der Waals surface area contributed by atoms with Crippen molar-refractivity contribution in [3.63, 3.8) is 0 Å². The predicted molar refractivity (Wildman–Crippen MR) is 76.7 cm³/mol. The van der Waals surface area contributed by atoms with Crippen LogP contribution in [0.25, 0.3) is 5.82 Å². The average Bonchev–Trinajstić information content (AvgIpc) is 2.94. The summed E-state index contributed by atoms with van der Waals surface area (Å²) in [6.07, 6.45) is 3.53. The van der Waals surface area contributed by atoms with Crippen LogP contribution in [0.15, 0.2) is 30.6 Å². The van der Waals surface area contributed by atoms with Crippen LogP contribution in [-0.2, 0) is 6.54 Å². The minimum atomic E-state index is -0.207.